The van der Waals surface area contributed by atoms with Crippen LogP contribution in [0.4, 0.5) is 0 Å². The molecule has 1 aromatic rings. The summed E-state index contributed by atoms with van der Waals surface area (Å²) in [7, 11) is 0. The van der Waals surface area contributed by atoms with Crippen LogP contribution in [-0.2, 0) is 12.8 Å². The summed E-state index contributed by atoms with van der Waals surface area (Å²) >= 11 is 0. The van der Waals surface area contributed by atoms with E-state index in [2.05, 4.69) is 24.2 Å². The molecule has 2 aliphatic carbocycles. The largest absolute Gasteiger partial charge is 0.310 e. The van der Waals surface area contributed by atoms with Crippen molar-refractivity contribution >= 4 is 0 Å². The van der Waals surface area contributed by atoms with Crippen LogP contribution < -0.4 is 5.73 Å². The Hall–Kier alpha value is -0.900. The van der Waals surface area contributed by atoms with Crippen molar-refractivity contribution in [3.63, 3.8) is 0 Å². The number of aromatic nitrogens is 3. The molecule has 4 heteroatoms. The minimum Gasteiger partial charge on any atom is -0.310 e. The summed E-state index contributed by atoms with van der Waals surface area (Å²) in [6, 6.07) is 0. The smallest absolute Gasteiger partial charge is 0.0981 e. The molecular formula is C14H24N4. The van der Waals surface area contributed by atoms with E-state index >= 15 is 0 Å². The van der Waals surface area contributed by atoms with Gasteiger partial charge in [0.05, 0.1) is 17.6 Å². The second kappa shape index (κ2) is 4.34. The molecule has 4 nitrogen and oxygen atoms in total. The highest BCUT2D eigenvalue weighted by molar-refractivity contribution is 5.15. The zero-order valence-corrected chi connectivity index (χ0v) is 11.6. The summed E-state index contributed by atoms with van der Waals surface area (Å²) < 4.78 is 1.92. The van der Waals surface area contributed by atoms with E-state index in [-0.39, 0.29) is 6.17 Å². The Labute approximate surface area is 109 Å². The van der Waals surface area contributed by atoms with Gasteiger partial charge in [0.15, 0.2) is 0 Å². The van der Waals surface area contributed by atoms with E-state index in [4.69, 9.17) is 5.73 Å². The second-order valence-corrected chi connectivity index (χ2v) is 6.39. The number of fused-ring (bicyclic) bond motifs is 2. The first-order valence-corrected chi connectivity index (χ1v) is 7.28. The van der Waals surface area contributed by atoms with Crippen molar-refractivity contribution in [2.75, 3.05) is 0 Å². The highest BCUT2D eigenvalue weighted by Gasteiger charge is 2.50. The molecule has 0 saturated heterocycles. The molecule has 2 N–H and O–H groups in total. The van der Waals surface area contributed by atoms with Gasteiger partial charge in [-0.1, -0.05) is 19.1 Å². The van der Waals surface area contributed by atoms with Gasteiger partial charge in [0.25, 0.3) is 0 Å². The molecule has 0 aromatic carbocycles. The minimum atomic E-state index is -0.0587. The van der Waals surface area contributed by atoms with Crippen molar-refractivity contribution in [2.45, 2.75) is 52.6 Å². The first-order valence-electron chi connectivity index (χ1n) is 7.28. The Bertz CT molecular complexity index is 435. The van der Waals surface area contributed by atoms with Crippen molar-refractivity contribution in [1.82, 2.24) is 15.0 Å². The fourth-order valence-corrected chi connectivity index (χ4v) is 4.01. The summed E-state index contributed by atoms with van der Waals surface area (Å²) in [5, 5.41) is 8.55. The molecule has 2 aliphatic rings. The van der Waals surface area contributed by atoms with Crippen LogP contribution in [0.1, 0.15) is 51.2 Å². The molecule has 1 saturated carbocycles. The van der Waals surface area contributed by atoms with Crippen molar-refractivity contribution in [1.29, 1.82) is 0 Å². The number of aryl methyl sites for hydroxylation is 1. The van der Waals surface area contributed by atoms with Gasteiger partial charge in [-0.15, -0.1) is 5.10 Å². The fourth-order valence-electron chi connectivity index (χ4n) is 4.01. The van der Waals surface area contributed by atoms with E-state index in [1.54, 1.807) is 0 Å². The normalized spacial score (nSPS) is 32.4. The van der Waals surface area contributed by atoms with Crippen LogP contribution in [0.15, 0.2) is 0 Å². The van der Waals surface area contributed by atoms with Gasteiger partial charge in [0.2, 0.25) is 0 Å². The van der Waals surface area contributed by atoms with E-state index < -0.39 is 0 Å². The first kappa shape index (κ1) is 12.2. The lowest BCUT2D eigenvalue weighted by atomic mass is 10.0. The van der Waals surface area contributed by atoms with E-state index in [0.29, 0.717) is 0 Å². The van der Waals surface area contributed by atoms with Crippen molar-refractivity contribution in [3.05, 3.63) is 11.4 Å². The quantitative estimate of drug-likeness (QED) is 0.872. The lowest BCUT2D eigenvalue weighted by Crippen LogP contribution is -2.19. The molecular weight excluding hydrogens is 224 g/mol. The molecule has 4 atom stereocenters. The third-order valence-corrected chi connectivity index (χ3v) is 4.85. The maximum absolute atomic E-state index is 5.95. The Morgan fingerprint density at radius 1 is 1.17 bits per heavy atom. The molecule has 4 unspecified atom stereocenters. The predicted octanol–water partition coefficient (Wildman–Crippen LogP) is 2.15. The molecule has 0 spiro atoms. The zero-order valence-electron chi connectivity index (χ0n) is 11.6. The Balaban J connectivity index is 1.79. The van der Waals surface area contributed by atoms with Crippen LogP contribution in [0.3, 0.4) is 0 Å². The van der Waals surface area contributed by atoms with Gasteiger partial charge in [-0.3, -0.25) is 0 Å². The van der Waals surface area contributed by atoms with Gasteiger partial charge < -0.3 is 5.73 Å². The summed E-state index contributed by atoms with van der Waals surface area (Å²) in [6.45, 7) is 6.71. The van der Waals surface area contributed by atoms with Gasteiger partial charge in [-0.05, 0) is 56.3 Å². The van der Waals surface area contributed by atoms with Gasteiger partial charge in [-0.25, -0.2) is 4.68 Å². The van der Waals surface area contributed by atoms with Gasteiger partial charge in [0, 0.05) is 0 Å². The van der Waals surface area contributed by atoms with Gasteiger partial charge in [-0.2, -0.15) is 0 Å². The SMILES string of the molecule is CC(C)C1C2CCc3nnn(C(C)N)c3CCC21. The van der Waals surface area contributed by atoms with E-state index in [1.807, 2.05) is 11.6 Å². The minimum absolute atomic E-state index is 0.0587. The van der Waals surface area contributed by atoms with Crippen LogP contribution in [0.5, 0.6) is 0 Å². The average molecular weight is 248 g/mol. The standard InChI is InChI=1S/C14H24N4/c1-8(2)14-10-4-6-12-13(7-5-11(10)14)18(9(3)15)17-16-12/h8-11,14H,4-7,15H2,1-3H3. The second-order valence-electron chi connectivity index (χ2n) is 6.39. The summed E-state index contributed by atoms with van der Waals surface area (Å²) in [5.41, 5.74) is 8.44. The number of nitrogens with zero attached hydrogens (tertiary/aromatic N) is 3. The summed E-state index contributed by atoms with van der Waals surface area (Å²) in [5.74, 6) is 3.66. The fraction of sp³-hybridized carbons (Fsp3) is 0.857. The predicted molar refractivity (Wildman–Crippen MR) is 70.9 cm³/mol. The van der Waals surface area contributed by atoms with E-state index in [1.165, 1.54) is 24.2 Å². The summed E-state index contributed by atoms with van der Waals surface area (Å²) in [6.07, 6.45) is 4.72. The summed E-state index contributed by atoms with van der Waals surface area (Å²) in [4.78, 5) is 0. The molecule has 0 aliphatic heterocycles. The number of nitrogens with two attached hydrogens (primary N) is 1. The molecule has 100 valence electrons. The highest BCUT2D eigenvalue weighted by atomic mass is 15.5. The van der Waals surface area contributed by atoms with E-state index in [0.717, 1.165) is 36.5 Å². The maximum atomic E-state index is 5.95. The molecule has 1 aromatic heterocycles. The van der Waals surface area contributed by atoms with Gasteiger partial charge >= 0.3 is 0 Å². The number of hydrogen-bond donors (Lipinski definition) is 1. The highest BCUT2D eigenvalue weighted by Crippen LogP contribution is 2.56. The zero-order chi connectivity index (χ0) is 12.9. The molecule has 0 amide bonds. The van der Waals surface area contributed by atoms with Crippen LogP contribution in [0, 0.1) is 23.7 Å². The number of rotatable bonds is 2. The third kappa shape index (κ3) is 1.87. The Morgan fingerprint density at radius 2 is 1.83 bits per heavy atom. The lowest BCUT2D eigenvalue weighted by molar-refractivity contribution is 0.459. The Kier molecular flexibility index (Phi) is 2.93. The monoisotopic (exact) mass is 248 g/mol. The topological polar surface area (TPSA) is 56.7 Å². The molecule has 1 fully saturated rings. The number of hydrogen-bond acceptors (Lipinski definition) is 3. The van der Waals surface area contributed by atoms with Crippen LogP contribution in [0.2, 0.25) is 0 Å². The van der Waals surface area contributed by atoms with Crippen LogP contribution >= 0.6 is 0 Å². The molecule has 18 heavy (non-hydrogen) atoms. The first-order chi connectivity index (χ1) is 8.59. The molecule has 0 bridgehead atoms. The molecule has 1 heterocycles. The van der Waals surface area contributed by atoms with Crippen LogP contribution in [0.25, 0.3) is 0 Å². The third-order valence-electron chi connectivity index (χ3n) is 4.85. The molecule has 0 radical (unpaired) electrons. The average Bonchev–Trinajstić information content (AvgIpc) is 2.81. The lowest BCUT2D eigenvalue weighted by Gasteiger charge is -2.12. The van der Waals surface area contributed by atoms with Crippen LogP contribution in [-0.4, -0.2) is 15.0 Å². The van der Waals surface area contributed by atoms with Crippen molar-refractivity contribution in [3.8, 4) is 0 Å². The van der Waals surface area contributed by atoms with Gasteiger partial charge in [0.1, 0.15) is 0 Å². The Morgan fingerprint density at radius 3 is 2.44 bits per heavy atom. The van der Waals surface area contributed by atoms with Crippen molar-refractivity contribution in [2.24, 2.45) is 29.4 Å². The van der Waals surface area contributed by atoms with Crippen molar-refractivity contribution < 1.29 is 0 Å². The van der Waals surface area contributed by atoms with E-state index in [9.17, 15) is 0 Å². The maximum Gasteiger partial charge on any atom is 0.0981 e. The molecule has 3 rings (SSSR count).